The fourth-order valence-electron chi connectivity index (χ4n) is 1.64. The summed E-state index contributed by atoms with van der Waals surface area (Å²) in [4.78, 5) is 0. The minimum Gasteiger partial charge on any atom is -0.496 e. The Morgan fingerprint density at radius 3 is 2.62 bits per heavy atom. The first-order valence-corrected chi connectivity index (χ1v) is 5.17. The molecule has 2 N–H and O–H groups in total. The lowest BCUT2D eigenvalue weighted by atomic mass is 10.0. The van der Waals surface area contributed by atoms with E-state index in [-0.39, 0.29) is 0 Å². The van der Waals surface area contributed by atoms with Crippen LogP contribution in [0, 0.1) is 6.07 Å². The Morgan fingerprint density at radius 2 is 1.94 bits per heavy atom. The second-order valence-electron chi connectivity index (χ2n) is 3.66. The van der Waals surface area contributed by atoms with Crippen molar-refractivity contribution < 1.29 is 4.74 Å². The highest BCUT2D eigenvalue weighted by molar-refractivity contribution is 5.42. The summed E-state index contributed by atoms with van der Waals surface area (Å²) in [5.41, 5.74) is 8.81. The van der Waals surface area contributed by atoms with Crippen LogP contribution >= 0.6 is 0 Å². The minimum absolute atomic E-state index is 0.789. The SMILES string of the molecule is COc1c[c]ccc1Cc1ccc(N)cc1. The third-order valence-corrected chi connectivity index (χ3v) is 2.51. The van der Waals surface area contributed by atoms with E-state index < -0.39 is 0 Å². The fourth-order valence-corrected chi connectivity index (χ4v) is 1.64. The lowest BCUT2D eigenvalue weighted by molar-refractivity contribution is 0.410. The predicted octanol–water partition coefficient (Wildman–Crippen LogP) is 2.67. The second kappa shape index (κ2) is 4.71. The second-order valence-corrected chi connectivity index (χ2v) is 3.66. The van der Waals surface area contributed by atoms with E-state index in [0.717, 1.165) is 23.4 Å². The molecule has 2 rings (SSSR count). The lowest BCUT2D eigenvalue weighted by Crippen LogP contribution is -1.94. The molecule has 0 aliphatic rings. The molecule has 16 heavy (non-hydrogen) atoms. The van der Waals surface area contributed by atoms with E-state index in [0.29, 0.717) is 0 Å². The zero-order valence-corrected chi connectivity index (χ0v) is 9.23. The maximum Gasteiger partial charge on any atom is 0.123 e. The summed E-state index contributed by atoms with van der Waals surface area (Å²) in [6.07, 6.45) is 0.845. The van der Waals surface area contributed by atoms with Crippen LogP contribution in [0.15, 0.2) is 42.5 Å². The maximum absolute atomic E-state index is 5.65. The fraction of sp³-hybridized carbons (Fsp3) is 0.143. The van der Waals surface area contributed by atoms with Crippen molar-refractivity contribution in [3.05, 3.63) is 59.7 Å². The smallest absolute Gasteiger partial charge is 0.123 e. The van der Waals surface area contributed by atoms with Gasteiger partial charge in [-0.05, 0) is 35.4 Å². The van der Waals surface area contributed by atoms with Crippen LogP contribution in [-0.4, -0.2) is 7.11 Å². The molecule has 2 aromatic rings. The summed E-state index contributed by atoms with van der Waals surface area (Å²) in [6, 6.07) is 16.7. The standard InChI is InChI=1S/C14H14NO/c1-16-14-5-3-2-4-12(14)10-11-6-8-13(15)9-7-11/h2,4-9H,10,15H2,1H3. The number of rotatable bonds is 3. The number of anilines is 1. The molecule has 2 aromatic carbocycles. The van der Waals surface area contributed by atoms with Crippen molar-refractivity contribution in [2.75, 3.05) is 12.8 Å². The molecule has 0 fully saturated rings. The molecule has 0 heterocycles. The number of benzene rings is 2. The molecule has 0 amide bonds. The normalized spacial score (nSPS) is 10.1. The van der Waals surface area contributed by atoms with Crippen LogP contribution in [-0.2, 0) is 6.42 Å². The summed E-state index contributed by atoms with van der Waals surface area (Å²) in [5, 5.41) is 0. The highest BCUT2D eigenvalue weighted by Gasteiger charge is 2.02. The molecule has 2 nitrogen and oxygen atoms in total. The van der Waals surface area contributed by atoms with Crippen LogP contribution in [0.4, 0.5) is 5.69 Å². The topological polar surface area (TPSA) is 35.2 Å². The van der Waals surface area contributed by atoms with Gasteiger partial charge in [0.1, 0.15) is 5.75 Å². The first kappa shape index (κ1) is 10.6. The lowest BCUT2D eigenvalue weighted by Gasteiger charge is -2.07. The third-order valence-electron chi connectivity index (χ3n) is 2.51. The number of nitrogens with two attached hydrogens (primary N) is 1. The largest absolute Gasteiger partial charge is 0.496 e. The zero-order chi connectivity index (χ0) is 11.4. The van der Waals surface area contributed by atoms with Gasteiger partial charge in [0, 0.05) is 12.1 Å². The van der Waals surface area contributed by atoms with E-state index in [9.17, 15) is 0 Å². The van der Waals surface area contributed by atoms with E-state index in [4.69, 9.17) is 10.5 Å². The molecule has 0 unspecified atom stereocenters. The van der Waals surface area contributed by atoms with Crippen molar-refractivity contribution >= 4 is 5.69 Å². The van der Waals surface area contributed by atoms with Crippen molar-refractivity contribution in [3.63, 3.8) is 0 Å². The highest BCUT2D eigenvalue weighted by atomic mass is 16.5. The van der Waals surface area contributed by atoms with Gasteiger partial charge in [-0.2, -0.15) is 0 Å². The molecule has 0 aromatic heterocycles. The van der Waals surface area contributed by atoms with Crippen LogP contribution in [0.3, 0.4) is 0 Å². The van der Waals surface area contributed by atoms with Gasteiger partial charge in [0.15, 0.2) is 0 Å². The van der Waals surface area contributed by atoms with Gasteiger partial charge < -0.3 is 10.5 Å². The van der Waals surface area contributed by atoms with Gasteiger partial charge in [-0.25, -0.2) is 0 Å². The molecule has 0 bridgehead atoms. The third kappa shape index (κ3) is 2.34. The Morgan fingerprint density at radius 1 is 1.19 bits per heavy atom. The van der Waals surface area contributed by atoms with E-state index in [2.05, 4.69) is 6.07 Å². The summed E-state index contributed by atoms with van der Waals surface area (Å²) in [6.45, 7) is 0. The van der Waals surface area contributed by atoms with Crippen molar-refractivity contribution in [1.29, 1.82) is 0 Å². The molecule has 0 saturated carbocycles. The maximum atomic E-state index is 5.65. The molecule has 0 aliphatic carbocycles. The van der Waals surface area contributed by atoms with Crippen LogP contribution in [0.25, 0.3) is 0 Å². The molecule has 81 valence electrons. The number of nitrogen functional groups attached to an aromatic ring is 1. The molecule has 0 saturated heterocycles. The van der Waals surface area contributed by atoms with E-state index in [1.165, 1.54) is 5.56 Å². The van der Waals surface area contributed by atoms with Gasteiger partial charge in [-0.1, -0.05) is 24.3 Å². The monoisotopic (exact) mass is 212 g/mol. The summed E-state index contributed by atoms with van der Waals surface area (Å²) in [7, 11) is 1.68. The van der Waals surface area contributed by atoms with Crippen LogP contribution in [0.1, 0.15) is 11.1 Å². The van der Waals surface area contributed by atoms with Gasteiger partial charge in [-0.3, -0.25) is 0 Å². The molecule has 0 aliphatic heterocycles. The van der Waals surface area contributed by atoms with Crippen LogP contribution in [0.2, 0.25) is 0 Å². The molecular formula is C14H14NO. The Bertz CT molecular complexity index is 462. The van der Waals surface area contributed by atoms with Gasteiger partial charge in [0.05, 0.1) is 7.11 Å². The Balaban J connectivity index is 2.23. The quantitative estimate of drug-likeness (QED) is 0.794. The molecule has 0 spiro atoms. The Hall–Kier alpha value is -1.96. The summed E-state index contributed by atoms with van der Waals surface area (Å²) < 4.78 is 5.29. The Labute approximate surface area is 95.7 Å². The number of methoxy groups -OCH3 is 1. The summed E-state index contributed by atoms with van der Waals surface area (Å²) in [5.74, 6) is 0.874. The average Bonchev–Trinajstić information content (AvgIpc) is 2.33. The minimum atomic E-state index is 0.789. The van der Waals surface area contributed by atoms with Gasteiger partial charge in [0.25, 0.3) is 0 Å². The van der Waals surface area contributed by atoms with Crippen LogP contribution < -0.4 is 10.5 Å². The van der Waals surface area contributed by atoms with Crippen LogP contribution in [0.5, 0.6) is 5.75 Å². The number of hydrogen-bond acceptors (Lipinski definition) is 2. The number of hydrogen-bond donors (Lipinski definition) is 1. The Kier molecular flexibility index (Phi) is 3.10. The molecule has 1 radical (unpaired) electrons. The first-order valence-electron chi connectivity index (χ1n) is 5.17. The van der Waals surface area contributed by atoms with E-state index in [1.807, 2.05) is 42.5 Å². The first-order chi connectivity index (χ1) is 7.79. The zero-order valence-electron chi connectivity index (χ0n) is 9.23. The van der Waals surface area contributed by atoms with Crippen molar-refractivity contribution in [1.82, 2.24) is 0 Å². The van der Waals surface area contributed by atoms with E-state index >= 15 is 0 Å². The van der Waals surface area contributed by atoms with Crippen molar-refractivity contribution in [3.8, 4) is 5.75 Å². The molecular weight excluding hydrogens is 198 g/mol. The van der Waals surface area contributed by atoms with Gasteiger partial charge in [0.2, 0.25) is 0 Å². The summed E-state index contributed by atoms with van der Waals surface area (Å²) >= 11 is 0. The van der Waals surface area contributed by atoms with E-state index in [1.54, 1.807) is 7.11 Å². The van der Waals surface area contributed by atoms with Crippen molar-refractivity contribution in [2.45, 2.75) is 6.42 Å². The average molecular weight is 212 g/mol. The molecule has 2 heteroatoms. The highest BCUT2D eigenvalue weighted by Crippen LogP contribution is 2.20. The van der Waals surface area contributed by atoms with Gasteiger partial charge >= 0.3 is 0 Å². The van der Waals surface area contributed by atoms with Gasteiger partial charge in [-0.15, -0.1) is 0 Å². The predicted molar refractivity (Wildman–Crippen MR) is 65.5 cm³/mol. The van der Waals surface area contributed by atoms with Crippen molar-refractivity contribution in [2.24, 2.45) is 0 Å². The number of ether oxygens (including phenoxy) is 1. The molecule has 0 atom stereocenters.